The van der Waals surface area contributed by atoms with Crippen LogP contribution in [0.3, 0.4) is 0 Å². The van der Waals surface area contributed by atoms with Gasteiger partial charge >= 0.3 is 0 Å². The van der Waals surface area contributed by atoms with Crippen LogP contribution in [0.2, 0.25) is 0 Å². The summed E-state index contributed by atoms with van der Waals surface area (Å²) < 4.78 is 6.08. The van der Waals surface area contributed by atoms with Gasteiger partial charge in [-0.2, -0.15) is 0 Å². The zero-order valence-corrected chi connectivity index (χ0v) is 16.5. The molecule has 2 aromatic rings. The van der Waals surface area contributed by atoms with Gasteiger partial charge in [-0.1, -0.05) is 37.3 Å². The second-order valence-corrected chi connectivity index (χ2v) is 6.95. The molecule has 0 saturated carbocycles. The van der Waals surface area contributed by atoms with Gasteiger partial charge in [0.1, 0.15) is 0 Å². The maximum atomic E-state index is 13.0. The van der Waals surface area contributed by atoms with E-state index in [-0.39, 0.29) is 18.4 Å². The summed E-state index contributed by atoms with van der Waals surface area (Å²) in [7, 11) is 0. The molecule has 6 nitrogen and oxygen atoms in total. The molecule has 0 bridgehead atoms. The van der Waals surface area contributed by atoms with Crippen molar-refractivity contribution in [2.75, 3.05) is 26.2 Å². The second-order valence-electron chi connectivity index (χ2n) is 6.95. The zero-order valence-electron chi connectivity index (χ0n) is 16.5. The van der Waals surface area contributed by atoms with Crippen molar-refractivity contribution < 1.29 is 14.3 Å². The van der Waals surface area contributed by atoms with Gasteiger partial charge in [0.15, 0.2) is 5.60 Å². The van der Waals surface area contributed by atoms with E-state index in [4.69, 9.17) is 4.74 Å². The van der Waals surface area contributed by atoms with E-state index in [1.165, 1.54) is 0 Å². The van der Waals surface area contributed by atoms with E-state index in [9.17, 15) is 9.59 Å². The van der Waals surface area contributed by atoms with Crippen LogP contribution in [0.15, 0.2) is 48.8 Å². The smallest absolute Gasteiger partial charge is 0.254 e. The van der Waals surface area contributed by atoms with Crippen LogP contribution >= 0.6 is 0 Å². The van der Waals surface area contributed by atoms with E-state index in [1.54, 1.807) is 11.1 Å². The van der Waals surface area contributed by atoms with Crippen molar-refractivity contribution in [2.24, 2.45) is 0 Å². The van der Waals surface area contributed by atoms with Gasteiger partial charge in [-0.25, -0.2) is 0 Å². The predicted octanol–water partition coefficient (Wildman–Crippen LogP) is 2.43. The highest BCUT2D eigenvalue weighted by molar-refractivity contribution is 5.87. The fourth-order valence-electron chi connectivity index (χ4n) is 3.65. The summed E-state index contributed by atoms with van der Waals surface area (Å²) in [6.45, 7) is 5.34. The first kappa shape index (κ1) is 20.0. The van der Waals surface area contributed by atoms with Crippen molar-refractivity contribution in [2.45, 2.75) is 32.3 Å². The third-order valence-electron chi connectivity index (χ3n) is 5.06. The molecule has 1 aliphatic rings. The first-order valence-electron chi connectivity index (χ1n) is 9.78. The maximum Gasteiger partial charge on any atom is 0.254 e. The van der Waals surface area contributed by atoms with E-state index in [1.807, 2.05) is 56.4 Å². The zero-order chi connectivity index (χ0) is 20.0. The number of rotatable bonds is 6. The number of amides is 2. The van der Waals surface area contributed by atoms with Crippen LogP contribution < -0.4 is 5.32 Å². The number of aromatic nitrogens is 1. The fraction of sp³-hybridized carbons (Fsp3) is 0.409. The normalized spacial score (nSPS) is 19.3. The minimum absolute atomic E-state index is 0.0394. The summed E-state index contributed by atoms with van der Waals surface area (Å²) >= 11 is 0. The minimum atomic E-state index is -1.10. The highest BCUT2D eigenvalue weighted by Crippen LogP contribution is 2.30. The van der Waals surface area contributed by atoms with Gasteiger partial charge in [0.2, 0.25) is 5.91 Å². The van der Waals surface area contributed by atoms with Gasteiger partial charge in [0.05, 0.1) is 13.2 Å². The van der Waals surface area contributed by atoms with Crippen molar-refractivity contribution in [1.82, 2.24) is 15.2 Å². The summed E-state index contributed by atoms with van der Waals surface area (Å²) in [5, 5.41) is 2.90. The molecule has 28 heavy (non-hydrogen) atoms. The molecule has 1 N–H and O–H groups in total. The summed E-state index contributed by atoms with van der Waals surface area (Å²) in [4.78, 5) is 31.3. The Morgan fingerprint density at radius 1 is 1.21 bits per heavy atom. The summed E-state index contributed by atoms with van der Waals surface area (Å²) in [6.07, 6.45) is 4.35. The van der Waals surface area contributed by atoms with E-state index >= 15 is 0 Å². The van der Waals surface area contributed by atoms with Gasteiger partial charge in [-0.05, 0) is 24.1 Å². The lowest BCUT2D eigenvalue weighted by atomic mass is 9.87. The van der Waals surface area contributed by atoms with Crippen LogP contribution in [0, 0.1) is 0 Å². The Labute approximate surface area is 165 Å². The third-order valence-corrected chi connectivity index (χ3v) is 5.06. The average molecular weight is 381 g/mol. The molecule has 1 fully saturated rings. The average Bonchev–Trinajstić information content (AvgIpc) is 2.74. The van der Waals surface area contributed by atoms with Gasteiger partial charge < -0.3 is 15.0 Å². The lowest BCUT2D eigenvalue weighted by Crippen LogP contribution is -2.62. The van der Waals surface area contributed by atoms with Crippen LogP contribution in [-0.4, -0.2) is 53.5 Å². The molecule has 6 heteroatoms. The number of carbonyl (C=O) groups is 2. The standard InChI is InChI=1S/C22H27N3O3/c1-3-20(26)25-12-13-28-22(16-25,21(27)24-4-2)14-17-8-5-6-10-19(17)18-9-7-11-23-15-18/h5-11,15H,3-4,12-14,16H2,1-2H3,(H,24,27)/t22-/m1/s1. The molecule has 1 aromatic carbocycles. The lowest BCUT2D eigenvalue weighted by molar-refractivity contribution is -0.165. The topological polar surface area (TPSA) is 71.5 Å². The number of hydrogen-bond acceptors (Lipinski definition) is 4. The van der Waals surface area contributed by atoms with Gasteiger partial charge in [-0.15, -0.1) is 0 Å². The van der Waals surface area contributed by atoms with Gasteiger partial charge in [0, 0.05) is 43.9 Å². The van der Waals surface area contributed by atoms with Gasteiger partial charge in [-0.3, -0.25) is 14.6 Å². The van der Waals surface area contributed by atoms with E-state index in [0.717, 1.165) is 16.7 Å². The largest absolute Gasteiger partial charge is 0.361 e. The molecule has 1 aliphatic heterocycles. The Morgan fingerprint density at radius 2 is 2.04 bits per heavy atom. The van der Waals surface area contributed by atoms with Crippen LogP contribution in [0.4, 0.5) is 0 Å². The Morgan fingerprint density at radius 3 is 2.75 bits per heavy atom. The SMILES string of the molecule is CCNC(=O)[C@@]1(Cc2ccccc2-c2cccnc2)CN(C(=O)CC)CCO1. The predicted molar refractivity (Wildman–Crippen MR) is 108 cm³/mol. The van der Waals surface area contributed by atoms with Crippen molar-refractivity contribution >= 4 is 11.8 Å². The molecule has 3 rings (SSSR count). The minimum Gasteiger partial charge on any atom is -0.361 e. The highest BCUT2D eigenvalue weighted by Gasteiger charge is 2.45. The van der Waals surface area contributed by atoms with Crippen molar-refractivity contribution in [3.63, 3.8) is 0 Å². The lowest BCUT2D eigenvalue weighted by Gasteiger charge is -2.42. The number of benzene rings is 1. The number of pyridine rings is 1. The number of morpholine rings is 1. The molecular formula is C22H27N3O3. The highest BCUT2D eigenvalue weighted by atomic mass is 16.5. The molecule has 0 unspecified atom stereocenters. The Balaban J connectivity index is 1.97. The van der Waals surface area contributed by atoms with Crippen molar-refractivity contribution in [3.8, 4) is 11.1 Å². The molecular weight excluding hydrogens is 354 g/mol. The summed E-state index contributed by atoms with van der Waals surface area (Å²) in [6, 6.07) is 11.9. The van der Waals surface area contributed by atoms with Crippen LogP contribution in [0.1, 0.15) is 25.8 Å². The number of nitrogens with one attached hydrogen (secondary N) is 1. The maximum absolute atomic E-state index is 13.0. The number of carbonyl (C=O) groups excluding carboxylic acids is 2. The van der Waals surface area contributed by atoms with Crippen LogP contribution in [0.25, 0.3) is 11.1 Å². The van der Waals surface area contributed by atoms with Crippen molar-refractivity contribution in [3.05, 3.63) is 54.4 Å². The molecule has 0 radical (unpaired) electrons. The number of hydrogen-bond donors (Lipinski definition) is 1. The summed E-state index contributed by atoms with van der Waals surface area (Å²) in [5.41, 5.74) is 1.90. The van der Waals surface area contributed by atoms with Gasteiger partial charge in [0.25, 0.3) is 5.91 Å². The monoisotopic (exact) mass is 381 g/mol. The van der Waals surface area contributed by atoms with Crippen LogP contribution in [-0.2, 0) is 20.7 Å². The third kappa shape index (κ3) is 4.22. The number of ether oxygens (including phenoxy) is 1. The molecule has 0 spiro atoms. The molecule has 2 amide bonds. The fourth-order valence-corrected chi connectivity index (χ4v) is 3.65. The Bertz CT molecular complexity index is 825. The number of likely N-dealkylation sites (N-methyl/N-ethyl adjacent to an activating group) is 1. The molecule has 0 aliphatic carbocycles. The number of nitrogens with zero attached hydrogens (tertiary/aromatic N) is 2. The van der Waals surface area contributed by atoms with E-state index in [0.29, 0.717) is 32.5 Å². The van der Waals surface area contributed by atoms with Crippen molar-refractivity contribution in [1.29, 1.82) is 0 Å². The first-order chi connectivity index (χ1) is 13.6. The van der Waals surface area contributed by atoms with E-state index < -0.39 is 5.60 Å². The molecule has 1 aromatic heterocycles. The summed E-state index contributed by atoms with van der Waals surface area (Å²) in [5.74, 6) is -0.137. The first-order valence-corrected chi connectivity index (χ1v) is 9.78. The Hall–Kier alpha value is -2.73. The second kappa shape index (κ2) is 8.97. The van der Waals surface area contributed by atoms with E-state index in [2.05, 4.69) is 10.3 Å². The molecule has 1 atom stereocenters. The quantitative estimate of drug-likeness (QED) is 0.834. The van der Waals surface area contributed by atoms with Crippen LogP contribution in [0.5, 0.6) is 0 Å². The molecule has 2 heterocycles. The molecule has 148 valence electrons. The Kier molecular flexibility index (Phi) is 6.41. The molecule has 1 saturated heterocycles.